The Kier molecular flexibility index (Phi) is 11.4. The molecule has 0 aliphatic rings. The summed E-state index contributed by atoms with van der Waals surface area (Å²) in [6.45, 7) is 8.42. The van der Waals surface area contributed by atoms with Gasteiger partial charge in [0, 0.05) is 65.4 Å². The van der Waals surface area contributed by atoms with Crippen LogP contribution in [0.3, 0.4) is 0 Å². The second kappa shape index (κ2) is 17.1. The molecule has 0 aliphatic carbocycles. The van der Waals surface area contributed by atoms with Gasteiger partial charge in [0.05, 0.1) is 16.8 Å². The number of nitrogens with one attached hydrogen (secondary N) is 2. The van der Waals surface area contributed by atoms with E-state index in [0.717, 1.165) is 58.7 Å². The number of hydrogen-bond acceptors (Lipinski definition) is 12. The molecule has 0 radical (unpaired) electrons. The number of anilines is 5. The van der Waals surface area contributed by atoms with Crippen molar-refractivity contribution < 1.29 is 4.79 Å². The molecule has 59 heavy (non-hydrogen) atoms. The zero-order valence-electron chi connectivity index (χ0n) is 33.0. The summed E-state index contributed by atoms with van der Waals surface area (Å²) in [5.41, 5.74) is 20.2. The van der Waals surface area contributed by atoms with Crippen LogP contribution in [-0.4, -0.2) is 35.8 Å². The largest absolute Gasteiger partial charge is 0.399 e. The lowest BCUT2D eigenvalue weighted by Crippen LogP contribution is -2.13. The molecule has 4 aromatic heterocycles. The Morgan fingerprint density at radius 2 is 1.20 bits per heavy atom. The number of aromatic nitrogens is 6. The molecule has 11 nitrogen and oxygen atoms in total. The van der Waals surface area contributed by atoms with Gasteiger partial charge in [-0.2, -0.15) is 0 Å². The molecule has 0 aliphatic heterocycles. The van der Waals surface area contributed by atoms with Gasteiger partial charge >= 0.3 is 0 Å². The minimum atomic E-state index is -0.256. The Balaban J connectivity index is 1.12. The molecule has 13 heteroatoms. The molecule has 0 fully saturated rings. The number of nitrogen functional groups attached to an aromatic ring is 2. The van der Waals surface area contributed by atoms with E-state index in [9.17, 15) is 4.79 Å². The van der Waals surface area contributed by atoms with Gasteiger partial charge in [-0.3, -0.25) is 4.79 Å². The van der Waals surface area contributed by atoms with Crippen LogP contribution < -0.4 is 22.1 Å². The normalized spacial score (nSPS) is 11.4. The number of carbonyl (C=O) groups is 1. The summed E-state index contributed by atoms with van der Waals surface area (Å²) in [6, 6.07) is 35.1. The molecular formula is C46H42N10OS2. The zero-order valence-corrected chi connectivity index (χ0v) is 34.6. The monoisotopic (exact) mass is 814 g/mol. The van der Waals surface area contributed by atoms with Gasteiger partial charge in [-0.05, 0) is 127 Å². The van der Waals surface area contributed by atoms with E-state index >= 15 is 0 Å². The zero-order chi connectivity index (χ0) is 41.0. The van der Waals surface area contributed by atoms with Gasteiger partial charge in [0.2, 0.25) is 0 Å². The van der Waals surface area contributed by atoms with Crippen LogP contribution in [-0.2, 0) is 6.42 Å². The number of nitrogens with zero attached hydrogens (tertiary/aromatic N) is 6. The van der Waals surface area contributed by atoms with E-state index in [1.54, 1.807) is 29.9 Å². The predicted octanol–water partition coefficient (Wildman–Crippen LogP) is 10.7. The number of pyridine rings is 2. The molecule has 1 amide bonds. The second-order valence-corrected chi connectivity index (χ2v) is 16.9. The topological polar surface area (TPSA) is 171 Å². The number of amides is 1. The first kappa shape index (κ1) is 39.3. The Hall–Kier alpha value is -6.57. The molecule has 6 N–H and O–H groups in total. The second-order valence-electron chi connectivity index (χ2n) is 14.7. The lowest BCUT2D eigenvalue weighted by Gasteiger charge is -2.16. The summed E-state index contributed by atoms with van der Waals surface area (Å²) in [6.07, 6.45) is 3.53. The molecule has 0 saturated heterocycles. The Morgan fingerprint density at radius 1 is 0.627 bits per heavy atom. The fraction of sp³-hybridized carbons (Fsp3) is 0.152. The van der Waals surface area contributed by atoms with Crippen LogP contribution in [0.15, 0.2) is 141 Å². The molecule has 294 valence electrons. The Bertz CT molecular complexity index is 2810. The summed E-state index contributed by atoms with van der Waals surface area (Å²) in [4.78, 5) is 45.9. The number of rotatable bonds is 12. The van der Waals surface area contributed by atoms with E-state index in [1.807, 2.05) is 109 Å². The van der Waals surface area contributed by atoms with Crippen LogP contribution >= 0.6 is 23.5 Å². The highest BCUT2D eigenvalue weighted by atomic mass is 32.2. The first-order chi connectivity index (χ1) is 28.6. The van der Waals surface area contributed by atoms with Crippen molar-refractivity contribution in [2.75, 3.05) is 22.1 Å². The molecule has 4 aromatic carbocycles. The summed E-state index contributed by atoms with van der Waals surface area (Å²) in [5, 5.41) is 8.33. The quantitative estimate of drug-likeness (QED) is 0.0862. The van der Waals surface area contributed by atoms with Gasteiger partial charge in [0.25, 0.3) is 5.91 Å². The van der Waals surface area contributed by atoms with Crippen molar-refractivity contribution in [1.82, 2.24) is 29.9 Å². The van der Waals surface area contributed by atoms with Crippen LogP contribution in [0, 0.1) is 0 Å². The third kappa shape index (κ3) is 9.11. The SMILES string of the molecule is CC(C)c1ccc2c(Cc3cc(C(=O)Nc4ccc(Sc5ccc(N)cc5)c(Nc5ncnc6nc(C(C)C)ccc56)c4)ccc3Sc3ccc(N)cc3)ncnc2n1. The maximum absolute atomic E-state index is 14.1. The van der Waals surface area contributed by atoms with Crippen molar-refractivity contribution in [1.29, 1.82) is 0 Å². The smallest absolute Gasteiger partial charge is 0.255 e. The standard InChI is InChI=1S/C46H42N10OS2/c1-26(2)37-17-15-35-39(49-24-50-43(35)54-37)22-29-21-28(5-19-41(29)58-33-11-6-30(47)7-12-33)46(57)53-32-10-20-42(59-34-13-8-31(48)9-14-34)40(23-32)56-45-36-16-18-38(27(3)4)55-44(36)51-25-52-45/h5-21,23-27H,22,47-48H2,1-4H3,(H,53,57)(H,51,52,55,56). The third-order valence-electron chi connectivity index (χ3n) is 9.69. The molecule has 0 atom stereocenters. The van der Waals surface area contributed by atoms with Crippen LogP contribution in [0.25, 0.3) is 22.1 Å². The van der Waals surface area contributed by atoms with Crippen LogP contribution in [0.1, 0.15) is 72.5 Å². The molecule has 0 spiro atoms. The van der Waals surface area contributed by atoms with E-state index in [-0.39, 0.29) is 17.7 Å². The average Bonchev–Trinajstić information content (AvgIpc) is 3.23. The fourth-order valence-corrected chi connectivity index (χ4v) is 8.25. The Morgan fingerprint density at radius 3 is 1.85 bits per heavy atom. The molecule has 0 unspecified atom stereocenters. The predicted molar refractivity (Wildman–Crippen MR) is 240 cm³/mol. The van der Waals surface area contributed by atoms with Crippen LogP contribution in [0.2, 0.25) is 0 Å². The number of hydrogen-bond donors (Lipinski definition) is 4. The third-order valence-corrected chi connectivity index (χ3v) is 11.9. The number of carbonyl (C=O) groups excluding carboxylic acids is 1. The van der Waals surface area contributed by atoms with Crippen molar-refractivity contribution in [3.05, 3.63) is 150 Å². The van der Waals surface area contributed by atoms with Gasteiger partial charge in [0.15, 0.2) is 11.3 Å². The molecule has 0 saturated carbocycles. The number of nitrogens with two attached hydrogens (primary N) is 2. The van der Waals surface area contributed by atoms with E-state index in [1.165, 1.54) is 6.33 Å². The molecule has 8 rings (SSSR count). The molecular weight excluding hydrogens is 773 g/mol. The van der Waals surface area contributed by atoms with Crippen LogP contribution in [0.4, 0.5) is 28.6 Å². The highest BCUT2D eigenvalue weighted by Gasteiger charge is 2.17. The summed E-state index contributed by atoms with van der Waals surface area (Å²) in [5.74, 6) is 0.872. The lowest BCUT2D eigenvalue weighted by atomic mass is 10.0. The average molecular weight is 815 g/mol. The minimum Gasteiger partial charge on any atom is -0.399 e. The summed E-state index contributed by atoms with van der Waals surface area (Å²) in [7, 11) is 0. The van der Waals surface area contributed by atoms with Crippen molar-refractivity contribution >= 4 is 80.1 Å². The van der Waals surface area contributed by atoms with Gasteiger partial charge in [0.1, 0.15) is 18.5 Å². The van der Waals surface area contributed by atoms with Gasteiger partial charge in [-0.1, -0.05) is 51.2 Å². The van der Waals surface area contributed by atoms with Crippen molar-refractivity contribution in [3.63, 3.8) is 0 Å². The molecule has 0 bridgehead atoms. The highest BCUT2D eigenvalue weighted by Crippen LogP contribution is 2.38. The number of fused-ring (bicyclic) bond motifs is 2. The van der Waals surface area contributed by atoms with Gasteiger partial charge < -0.3 is 22.1 Å². The van der Waals surface area contributed by atoms with E-state index in [4.69, 9.17) is 26.4 Å². The van der Waals surface area contributed by atoms with Crippen molar-refractivity contribution in [2.45, 2.75) is 65.5 Å². The summed E-state index contributed by atoms with van der Waals surface area (Å²) < 4.78 is 0. The van der Waals surface area contributed by atoms with E-state index in [0.29, 0.717) is 46.2 Å². The van der Waals surface area contributed by atoms with E-state index in [2.05, 4.69) is 53.3 Å². The van der Waals surface area contributed by atoms with Gasteiger partial charge in [-0.25, -0.2) is 29.9 Å². The molecule has 8 aromatic rings. The van der Waals surface area contributed by atoms with Gasteiger partial charge in [-0.15, -0.1) is 0 Å². The first-order valence-corrected chi connectivity index (χ1v) is 20.8. The summed E-state index contributed by atoms with van der Waals surface area (Å²) >= 11 is 3.18. The first-order valence-electron chi connectivity index (χ1n) is 19.2. The van der Waals surface area contributed by atoms with E-state index < -0.39 is 0 Å². The van der Waals surface area contributed by atoms with Crippen molar-refractivity contribution in [3.8, 4) is 0 Å². The van der Waals surface area contributed by atoms with Crippen LogP contribution in [0.5, 0.6) is 0 Å². The van der Waals surface area contributed by atoms with Crippen molar-refractivity contribution in [2.24, 2.45) is 0 Å². The fourth-order valence-electron chi connectivity index (χ4n) is 6.44. The Labute approximate surface area is 351 Å². The number of benzene rings is 4. The maximum Gasteiger partial charge on any atom is 0.255 e. The lowest BCUT2D eigenvalue weighted by molar-refractivity contribution is 0.102. The molecule has 4 heterocycles. The highest BCUT2D eigenvalue weighted by molar-refractivity contribution is 7.99. The maximum atomic E-state index is 14.1. The minimum absolute atomic E-state index is 0.256.